The largest absolute Gasteiger partial charge is 0.309 e. The van der Waals surface area contributed by atoms with Crippen LogP contribution in [0, 0.1) is 11.3 Å². The minimum atomic E-state index is 0.735. The van der Waals surface area contributed by atoms with Crippen molar-refractivity contribution in [3.05, 3.63) is 12.2 Å². The van der Waals surface area contributed by atoms with Gasteiger partial charge < -0.3 is 5.41 Å². The molecule has 1 aliphatic rings. The molecule has 0 spiro atoms. The molecule has 1 N–H and O–H groups in total. The molecule has 0 amide bonds. The standard InChI is InChI=1S/C18H33N/c1-3-4-5-6-7-8-9-10-11-12-17-13-16(2)14-18(19)15-17/h17,19H,2-15H2,1H3/t17-/m1/s1. The molecule has 0 radical (unpaired) electrons. The Labute approximate surface area is 120 Å². The van der Waals surface area contributed by atoms with Crippen molar-refractivity contribution in [1.29, 1.82) is 5.41 Å². The quantitative estimate of drug-likeness (QED) is 0.354. The maximum Gasteiger partial charge on any atom is 0.0132 e. The van der Waals surface area contributed by atoms with E-state index in [1.807, 2.05) is 0 Å². The maximum absolute atomic E-state index is 7.82. The summed E-state index contributed by atoms with van der Waals surface area (Å²) in [6.07, 6.45) is 17.1. The molecule has 0 aromatic carbocycles. The Bertz CT molecular complexity index is 251. The highest BCUT2D eigenvalue weighted by atomic mass is 14.4. The molecular weight excluding hydrogens is 230 g/mol. The Balaban J connectivity index is 1.90. The molecule has 0 saturated heterocycles. The highest BCUT2D eigenvalue weighted by molar-refractivity contribution is 5.84. The molecule has 1 aliphatic carbocycles. The Kier molecular flexibility index (Phi) is 8.86. The third-order valence-corrected chi connectivity index (χ3v) is 4.29. The van der Waals surface area contributed by atoms with Crippen LogP contribution >= 0.6 is 0 Å². The number of rotatable bonds is 10. The van der Waals surface area contributed by atoms with Gasteiger partial charge in [0.05, 0.1) is 0 Å². The van der Waals surface area contributed by atoms with E-state index in [9.17, 15) is 0 Å². The molecular formula is C18H33N. The minimum Gasteiger partial charge on any atom is -0.309 e. The molecule has 1 nitrogen and oxygen atoms in total. The van der Waals surface area contributed by atoms with Gasteiger partial charge in [0.2, 0.25) is 0 Å². The van der Waals surface area contributed by atoms with Crippen LogP contribution < -0.4 is 0 Å². The molecule has 0 aliphatic heterocycles. The molecule has 1 atom stereocenters. The Hall–Kier alpha value is -0.590. The van der Waals surface area contributed by atoms with Crippen molar-refractivity contribution in [2.45, 2.75) is 90.4 Å². The fraction of sp³-hybridized carbons (Fsp3) is 0.833. The molecule has 0 aromatic heterocycles. The summed E-state index contributed by atoms with van der Waals surface area (Å²) in [5, 5.41) is 7.82. The van der Waals surface area contributed by atoms with Gasteiger partial charge in [0, 0.05) is 12.1 Å². The lowest BCUT2D eigenvalue weighted by molar-refractivity contribution is 0.443. The zero-order valence-corrected chi connectivity index (χ0v) is 13.0. The lowest BCUT2D eigenvalue weighted by atomic mass is 9.82. The fourth-order valence-corrected chi connectivity index (χ4v) is 3.22. The number of allylic oxidation sites excluding steroid dienone is 1. The summed E-state index contributed by atoms with van der Waals surface area (Å²) in [6, 6.07) is 0. The smallest absolute Gasteiger partial charge is 0.0132 e. The summed E-state index contributed by atoms with van der Waals surface area (Å²) in [5.41, 5.74) is 2.20. The van der Waals surface area contributed by atoms with E-state index in [-0.39, 0.29) is 0 Å². The first kappa shape index (κ1) is 16.5. The number of hydrogen-bond donors (Lipinski definition) is 1. The van der Waals surface area contributed by atoms with Crippen LogP contribution in [0.4, 0.5) is 0 Å². The third kappa shape index (κ3) is 8.23. The highest BCUT2D eigenvalue weighted by Crippen LogP contribution is 2.29. The maximum atomic E-state index is 7.82. The van der Waals surface area contributed by atoms with Crippen LogP contribution in [-0.4, -0.2) is 5.71 Å². The first-order chi connectivity index (χ1) is 9.22. The van der Waals surface area contributed by atoms with Crippen molar-refractivity contribution >= 4 is 5.71 Å². The predicted molar refractivity (Wildman–Crippen MR) is 86.1 cm³/mol. The second-order valence-electron chi connectivity index (χ2n) is 6.42. The zero-order valence-electron chi connectivity index (χ0n) is 13.0. The first-order valence-electron chi connectivity index (χ1n) is 8.45. The van der Waals surface area contributed by atoms with Crippen molar-refractivity contribution < 1.29 is 0 Å². The molecule has 1 heteroatoms. The summed E-state index contributed by atoms with van der Waals surface area (Å²) in [7, 11) is 0. The lowest BCUT2D eigenvalue weighted by Crippen LogP contribution is -2.15. The average molecular weight is 263 g/mol. The minimum absolute atomic E-state index is 0.735. The van der Waals surface area contributed by atoms with Gasteiger partial charge in [0.25, 0.3) is 0 Å². The fourth-order valence-electron chi connectivity index (χ4n) is 3.22. The van der Waals surface area contributed by atoms with Gasteiger partial charge >= 0.3 is 0 Å². The zero-order chi connectivity index (χ0) is 13.9. The van der Waals surface area contributed by atoms with Gasteiger partial charge in [-0.1, -0.05) is 76.9 Å². The van der Waals surface area contributed by atoms with E-state index in [0.29, 0.717) is 0 Å². The van der Waals surface area contributed by atoms with Gasteiger partial charge in [0.15, 0.2) is 0 Å². The van der Waals surface area contributed by atoms with E-state index >= 15 is 0 Å². The van der Waals surface area contributed by atoms with Gasteiger partial charge in [0.1, 0.15) is 0 Å². The van der Waals surface area contributed by atoms with Crippen molar-refractivity contribution in [2.75, 3.05) is 0 Å². The Morgan fingerprint density at radius 1 is 0.947 bits per heavy atom. The number of hydrogen-bond acceptors (Lipinski definition) is 1. The van der Waals surface area contributed by atoms with Crippen LogP contribution in [0.15, 0.2) is 12.2 Å². The SMILES string of the molecule is C=C1CC(=N)C[C@H](CCCCCCCCCCC)C1. The van der Waals surface area contributed by atoms with E-state index in [1.54, 1.807) is 0 Å². The molecule has 19 heavy (non-hydrogen) atoms. The summed E-state index contributed by atoms with van der Waals surface area (Å²) in [4.78, 5) is 0. The first-order valence-corrected chi connectivity index (χ1v) is 8.45. The van der Waals surface area contributed by atoms with Gasteiger partial charge in [-0.15, -0.1) is 0 Å². The summed E-state index contributed by atoms with van der Waals surface area (Å²) < 4.78 is 0. The summed E-state index contributed by atoms with van der Waals surface area (Å²) in [5.74, 6) is 0.735. The molecule has 0 heterocycles. The molecule has 0 aromatic rings. The lowest BCUT2D eigenvalue weighted by Gasteiger charge is -2.24. The van der Waals surface area contributed by atoms with Crippen LogP contribution in [0.3, 0.4) is 0 Å². The number of nitrogens with one attached hydrogen (secondary N) is 1. The third-order valence-electron chi connectivity index (χ3n) is 4.29. The predicted octanol–water partition coefficient (Wildman–Crippen LogP) is 6.28. The summed E-state index contributed by atoms with van der Waals surface area (Å²) >= 11 is 0. The topological polar surface area (TPSA) is 23.9 Å². The van der Waals surface area contributed by atoms with Crippen LogP contribution in [0.5, 0.6) is 0 Å². The number of unbranched alkanes of at least 4 members (excludes halogenated alkanes) is 8. The van der Waals surface area contributed by atoms with E-state index < -0.39 is 0 Å². The van der Waals surface area contributed by atoms with Crippen molar-refractivity contribution in [1.82, 2.24) is 0 Å². The second-order valence-corrected chi connectivity index (χ2v) is 6.42. The molecule has 1 fully saturated rings. The highest BCUT2D eigenvalue weighted by Gasteiger charge is 2.18. The molecule has 0 unspecified atom stereocenters. The van der Waals surface area contributed by atoms with E-state index in [4.69, 9.17) is 5.41 Å². The molecule has 1 saturated carbocycles. The van der Waals surface area contributed by atoms with Gasteiger partial charge in [-0.25, -0.2) is 0 Å². The van der Waals surface area contributed by atoms with Crippen LogP contribution in [0.2, 0.25) is 0 Å². The van der Waals surface area contributed by atoms with Crippen LogP contribution in [-0.2, 0) is 0 Å². The normalized spacial score (nSPS) is 19.9. The van der Waals surface area contributed by atoms with Gasteiger partial charge in [-0.2, -0.15) is 0 Å². The molecule has 0 bridgehead atoms. The van der Waals surface area contributed by atoms with Crippen molar-refractivity contribution in [3.8, 4) is 0 Å². The van der Waals surface area contributed by atoms with Crippen molar-refractivity contribution in [3.63, 3.8) is 0 Å². The Morgan fingerprint density at radius 2 is 1.53 bits per heavy atom. The Morgan fingerprint density at radius 3 is 2.11 bits per heavy atom. The molecule has 110 valence electrons. The van der Waals surface area contributed by atoms with Crippen LogP contribution in [0.1, 0.15) is 90.4 Å². The van der Waals surface area contributed by atoms with E-state index in [1.165, 1.54) is 76.2 Å². The van der Waals surface area contributed by atoms with E-state index in [0.717, 1.165) is 24.5 Å². The van der Waals surface area contributed by atoms with Gasteiger partial charge in [-0.05, 0) is 25.2 Å². The van der Waals surface area contributed by atoms with Gasteiger partial charge in [-0.3, -0.25) is 0 Å². The summed E-state index contributed by atoms with van der Waals surface area (Å²) in [6.45, 7) is 6.34. The average Bonchev–Trinajstić information content (AvgIpc) is 2.36. The second kappa shape index (κ2) is 10.2. The van der Waals surface area contributed by atoms with E-state index in [2.05, 4.69) is 13.5 Å². The molecule has 1 rings (SSSR count). The van der Waals surface area contributed by atoms with Crippen LogP contribution in [0.25, 0.3) is 0 Å². The van der Waals surface area contributed by atoms with Crippen molar-refractivity contribution in [2.24, 2.45) is 5.92 Å². The monoisotopic (exact) mass is 263 g/mol.